The smallest absolute Gasteiger partial charge is 0.381 e. The van der Waals surface area contributed by atoms with Crippen molar-refractivity contribution in [3.8, 4) is 0 Å². The molecule has 0 bridgehead atoms. The summed E-state index contributed by atoms with van der Waals surface area (Å²) in [7, 11) is 2.09. The second-order valence-corrected chi connectivity index (χ2v) is 8.73. The Hall–Kier alpha value is -1.80. The van der Waals surface area contributed by atoms with Crippen LogP contribution in [0.3, 0.4) is 0 Å². The molecular weight excluding hydrogens is 383 g/mol. The number of anilines is 1. The zero-order valence-corrected chi connectivity index (χ0v) is 16.7. The fraction of sp³-hybridized carbons (Fsp3) is 0.667. The number of amides is 1. The molecule has 3 aliphatic heterocycles. The number of alkyl halides is 3. The Morgan fingerprint density at radius 2 is 2.03 bits per heavy atom. The van der Waals surface area contributed by atoms with E-state index in [1.54, 1.807) is 6.07 Å². The third kappa shape index (κ3) is 4.38. The highest BCUT2D eigenvalue weighted by Crippen LogP contribution is 2.47. The van der Waals surface area contributed by atoms with Crippen molar-refractivity contribution in [2.45, 2.75) is 30.9 Å². The van der Waals surface area contributed by atoms with E-state index in [9.17, 15) is 18.0 Å². The van der Waals surface area contributed by atoms with Crippen molar-refractivity contribution < 1.29 is 22.7 Å². The van der Waals surface area contributed by atoms with E-state index in [1.807, 2.05) is 17.4 Å². The Balaban J connectivity index is 1.58. The topological polar surface area (TPSA) is 44.8 Å². The number of carbonyl (C=O) groups excluding carboxylic acids is 1. The minimum Gasteiger partial charge on any atom is -0.381 e. The number of likely N-dealkylation sites (N-methyl/N-ethyl adjacent to an activating group) is 1. The first kappa shape index (κ1) is 20.5. The van der Waals surface area contributed by atoms with Crippen LogP contribution in [0.25, 0.3) is 0 Å². The molecule has 1 aromatic rings. The zero-order chi connectivity index (χ0) is 20.6. The molecule has 1 atom stereocenters. The molecule has 160 valence electrons. The molecule has 1 spiro atoms. The number of benzene rings is 1. The summed E-state index contributed by atoms with van der Waals surface area (Å²) in [4.78, 5) is 17.0. The molecule has 1 aromatic carbocycles. The minimum absolute atomic E-state index is 0.0600. The Morgan fingerprint density at radius 3 is 2.69 bits per heavy atom. The van der Waals surface area contributed by atoms with Gasteiger partial charge in [-0.15, -0.1) is 0 Å². The summed E-state index contributed by atoms with van der Waals surface area (Å²) in [5.74, 6) is -0.0878. The molecule has 2 fully saturated rings. The summed E-state index contributed by atoms with van der Waals surface area (Å²) in [6.07, 6.45) is -1.32. The van der Waals surface area contributed by atoms with Crippen molar-refractivity contribution in [1.82, 2.24) is 10.2 Å². The highest BCUT2D eigenvalue weighted by Gasteiger charge is 2.47. The standard InChI is InChI=1S/C21H28F3N3O2/c1-26-7-6-20(13-26)14-27(11-15-4-8-29-9-5-15)18-3-2-16(10-17(18)20)19(28)25-12-21(22,23)24/h2-3,10,15H,4-9,11-14H2,1H3,(H,25,28). The van der Waals surface area contributed by atoms with Crippen molar-refractivity contribution in [2.75, 3.05) is 57.9 Å². The lowest BCUT2D eigenvalue weighted by Crippen LogP contribution is -2.38. The van der Waals surface area contributed by atoms with Crippen LogP contribution in [0.15, 0.2) is 18.2 Å². The fourth-order valence-corrected chi connectivity index (χ4v) is 5.03. The molecule has 2 saturated heterocycles. The molecular formula is C21H28F3N3O2. The van der Waals surface area contributed by atoms with Gasteiger partial charge in [-0.25, -0.2) is 0 Å². The SMILES string of the molecule is CN1CCC2(C1)CN(CC1CCOCC1)c1ccc(C(=O)NCC(F)(F)F)cc12. The van der Waals surface area contributed by atoms with E-state index >= 15 is 0 Å². The normalized spacial score (nSPS) is 25.6. The predicted molar refractivity (Wildman–Crippen MR) is 104 cm³/mol. The minimum atomic E-state index is -4.41. The van der Waals surface area contributed by atoms with Crippen molar-refractivity contribution in [3.63, 3.8) is 0 Å². The van der Waals surface area contributed by atoms with Gasteiger partial charge in [-0.05, 0) is 62.5 Å². The van der Waals surface area contributed by atoms with E-state index in [4.69, 9.17) is 4.74 Å². The zero-order valence-electron chi connectivity index (χ0n) is 16.7. The van der Waals surface area contributed by atoms with Crippen LogP contribution in [-0.2, 0) is 10.2 Å². The maximum absolute atomic E-state index is 12.5. The maximum Gasteiger partial charge on any atom is 0.405 e. The molecule has 5 nitrogen and oxygen atoms in total. The lowest BCUT2D eigenvalue weighted by atomic mass is 9.81. The summed E-state index contributed by atoms with van der Waals surface area (Å²) >= 11 is 0. The van der Waals surface area contributed by atoms with Gasteiger partial charge in [0.05, 0.1) is 0 Å². The first-order valence-electron chi connectivity index (χ1n) is 10.3. The molecule has 1 N–H and O–H groups in total. The number of hydrogen-bond acceptors (Lipinski definition) is 4. The summed E-state index contributed by atoms with van der Waals surface area (Å²) in [6.45, 7) is 4.04. The Morgan fingerprint density at radius 1 is 1.28 bits per heavy atom. The first-order valence-corrected chi connectivity index (χ1v) is 10.3. The Kier molecular flexibility index (Phi) is 5.50. The van der Waals surface area contributed by atoms with Crippen LogP contribution in [0.2, 0.25) is 0 Å². The third-order valence-electron chi connectivity index (χ3n) is 6.48. The Bertz CT molecular complexity index is 764. The predicted octanol–water partition coefficient (Wildman–Crippen LogP) is 2.80. The van der Waals surface area contributed by atoms with Gasteiger partial charge in [-0.3, -0.25) is 4.79 Å². The van der Waals surface area contributed by atoms with E-state index in [1.165, 1.54) is 0 Å². The van der Waals surface area contributed by atoms with Crippen LogP contribution >= 0.6 is 0 Å². The molecule has 1 unspecified atom stereocenters. The molecule has 1 amide bonds. The lowest BCUT2D eigenvalue weighted by Gasteiger charge is -2.30. The molecule has 29 heavy (non-hydrogen) atoms. The van der Waals surface area contributed by atoms with Crippen molar-refractivity contribution >= 4 is 11.6 Å². The molecule has 8 heteroatoms. The van der Waals surface area contributed by atoms with E-state index in [-0.39, 0.29) is 5.41 Å². The molecule has 3 aliphatic rings. The van der Waals surface area contributed by atoms with Crippen molar-refractivity contribution in [1.29, 1.82) is 0 Å². The summed E-state index contributed by atoms with van der Waals surface area (Å²) in [5.41, 5.74) is 2.47. The van der Waals surface area contributed by atoms with Gasteiger partial charge in [0, 0.05) is 49.5 Å². The second kappa shape index (κ2) is 7.80. The number of likely N-dealkylation sites (tertiary alicyclic amines) is 1. The molecule has 0 aliphatic carbocycles. The van der Waals surface area contributed by atoms with Crippen LogP contribution in [0, 0.1) is 5.92 Å². The summed E-state index contributed by atoms with van der Waals surface area (Å²) in [6, 6.07) is 5.40. The number of rotatable bonds is 4. The molecule has 3 heterocycles. The van der Waals surface area contributed by atoms with E-state index in [0.717, 1.165) is 69.9 Å². The fourth-order valence-electron chi connectivity index (χ4n) is 5.03. The number of hydrogen-bond donors (Lipinski definition) is 1. The quantitative estimate of drug-likeness (QED) is 0.828. The van der Waals surface area contributed by atoms with Gasteiger partial charge in [-0.1, -0.05) is 0 Å². The van der Waals surface area contributed by atoms with Crippen molar-refractivity contribution in [2.24, 2.45) is 5.92 Å². The molecule has 0 saturated carbocycles. The van der Waals surface area contributed by atoms with Crippen LogP contribution in [0.4, 0.5) is 18.9 Å². The van der Waals surface area contributed by atoms with Gasteiger partial charge < -0.3 is 19.9 Å². The van der Waals surface area contributed by atoms with Crippen LogP contribution < -0.4 is 10.2 Å². The van der Waals surface area contributed by atoms with Gasteiger partial charge in [0.1, 0.15) is 6.54 Å². The second-order valence-electron chi connectivity index (χ2n) is 8.73. The molecule has 0 radical (unpaired) electrons. The third-order valence-corrected chi connectivity index (χ3v) is 6.48. The largest absolute Gasteiger partial charge is 0.405 e. The number of halogens is 3. The number of nitrogens with one attached hydrogen (secondary N) is 1. The van der Waals surface area contributed by atoms with Crippen molar-refractivity contribution in [3.05, 3.63) is 29.3 Å². The number of ether oxygens (including phenoxy) is 1. The van der Waals surface area contributed by atoms with E-state index < -0.39 is 18.6 Å². The van der Waals surface area contributed by atoms with Gasteiger partial charge in [0.2, 0.25) is 0 Å². The number of nitrogens with zero attached hydrogens (tertiary/aromatic N) is 2. The molecule has 4 rings (SSSR count). The van der Waals surface area contributed by atoms with Crippen LogP contribution in [0.1, 0.15) is 35.2 Å². The monoisotopic (exact) mass is 411 g/mol. The highest BCUT2D eigenvalue weighted by atomic mass is 19.4. The summed E-state index contributed by atoms with van der Waals surface area (Å²) < 4.78 is 42.9. The van der Waals surface area contributed by atoms with Crippen LogP contribution in [0.5, 0.6) is 0 Å². The van der Waals surface area contributed by atoms with Gasteiger partial charge >= 0.3 is 6.18 Å². The first-order chi connectivity index (χ1) is 13.8. The molecule has 0 aromatic heterocycles. The maximum atomic E-state index is 12.5. The van der Waals surface area contributed by atoms with Gasteiger partial charge in [0.25, 0.3) is 5.91 Å². The van der Waals surface area contributed by atoms with E-state index in [0.29, 0.717) is 11.5 Å². The van der Waals surface area contributed by atoms with Gasteiger partial charge in [-0.2, -0.15) is 13.2 Å². The number of carbonyl (C=O) groups is 1. The van der Waals surface area contributed by atoms with Gasteiger partial charge in [0.15, 0.2) is 0 Å². The average Bonchev–Trinajstić information content (AvgIpc) is 3.20. The average molecular weight is 411 g/mol. The lowest BCUT2D eigenvalue weighted by molar-refractivity contribution is -0.123. The Labute approximate surface area is 169 Å². The van der Waals surface area contributed by atoms with Crippen LogP contribution in [-0.4, -0.2) is 70.0 Å². The highest BCUT2D eigenvalue weighted by molar-refractivity contribution is 5.95. The van der Waals surface area contributed by atoms with E-state index in [2.05, 4.69) is 16.8 Å². The summed E-state index contributed by atoms with van der Waals surface area (Å²) in [5, 5.41) is 1.99. The number of fused-ring (bicyclic) bond motifs is 2.